The Labute approximate surface area is 137 Å². The Morgan fingerprint density at radius 1 is 0.952 bits per heavy atom. The van der Waals surface area contributed by atoms with Gasteiger partial charge in [0.2, 0.25) is 0 Å². The molecule has 0 spiro atoms. The van der Waals surface area contributed by atoms with Gasteiger partial charge in [-0.15, -0.1) is 0 Å². The molecule has 0 aliphatic rings. The van der Waals surface area contributed by atoms with Crippen molar-refractivity contribution in [1.29, 1.82) is 0 Å². The maximum absolute atomic E-state index is 10.1. The highest BCUT2D eigenvalue weighted by molar-refractivity contribution is 9.09. The highest BCUT2D eigenvalue weighted by Crippen LogP contribution is 2.32. The fourth-order valence-electron chi connectivity index (χ4n) is 2.31. The van der Waals surface area contributed by atoms with Crippen molar-refractivity contribution in [2.75, 3.05) is 5.33 Å². The third-order valence-corrected chi connectivity index (χ3v) is 4.48. The lowest BCUT2D eigenvalue weighted by Gasteiger charge is -2.09. The second-order valence-corrected chi connectivity index (χ2v) is 6.38. The van der Waals surface area contributed by atoms with Crippen LogP contribution in [0.2, 0.25) is 0 Å². The van der Waals surface area contributed by atoms with E-state index >= 15 is 0 Å². The smallest absolute Gasteiger partial charge is 0.126 e. The molecule has 0 heterocycles. The molecule has 0 radical (unpaired) electrons. The summed E-state index contributed by atoms with van der Waals surface area (Å²) in [6.45, 7) is 3.64. The third-order valence-electron chi connectivity index (χ3n) is 3.92. The fraction of sp³-hybridized carbons (Fsp3) is 0.556. The molecule has 0 saturated heterocycles. The molecule has 21 heavy (non-hydrogen) atoms. The molecular weight excluding hydrogens is 328 g/mol. The molecule has 1 aromatic rings. The van der Waals surface area contributed by atoms with Crippen molar-refractivity contribution >= 4 is 22.0 Å². The van der Waals surface area contributed by atoms with E-state index in [4.69, 9.17) is 0 Å². The second kappa shape index (κ2) is 9.88. The monoisotopic (exact) mass is 354 g/mol. The van der Waals surface area contributed by atoms with Gasteiger partial charge in [-0.25, -0.2) is 0 Å². The van der Waals surface area contributed by atoms with Crippen LogP contribution in [0.1, 0.15) is 61.6 Å². The van der Waals surface area contributed by atoms with E-state index in [-0.39, 0.29) is 11.5 Å². The van der Waals surface area contributed by atoms with Gasteiger partial charge in [0.15, 0.2) is 0 Å². The van der Waals surface area contributed by atoms with Gasteiger partial charge in [-0.2, -0.15) is 0 Å². The molecule has 0 aliphatic heterocycles. The van der Waals surface area contributed by atoms with Crippen LogP contribution in [0.5, 0.6) is 11.5 Å². The predicted octanol–water partition coefficient (Wildman–Crippen LogP) is 5.85. The number of phenolic OH excluding ortho intramolecular Hbond substituents is 2. The van der Waals surface area contributed by atoms with Crippen molar-refractivity contribution < 1.29 is 10.2 Å². The van der Waals surface area contributed by atoms with Crippen LogP contribution in [0.3, 0.4) is 0 Å². The largest absolute Gasteiger partial charge is 0.508 e. The molecular formula is C18H27BrO2. The Morgan fingerprint density at radius 3 is 2.24 bits per heavy atom. The van der Waals surface area contributed by atoms with Crippen LogP contribution >= 0.6 is 15.9 Å². The molecule has 0 aromatic heterocycles. The van der Waals surface area contributed by atoms with Gasteiger partial charge in [0, 0.05) is 10.9 Å². The maximum Gasteiger partial charge on any atom is 0.126 e. The highest BCUT2D eigenvalue weighted by atomic mass is 79.9. The van der Waals surface area contributed by atoms with Crippen molar-refractivity contribution in [2.24, 2.45) is 0 Å². The summed E-state index contributed by atoms with van der Waals surface area (Å²) in [5.74, 6) is 0.521. The van der Waals surface area contributed by atoms with Gasteiger partial charge in [-0.3, -0.25) is 0 Å². The molecule has 3 heteroatoms. The van der Waals surface area contributed by atoms with Crippen LogP contribution in [0.15, 0.2) is 12.1 Å². The van der Waals surface area contributed by atoms with Crippen LogP contribution < -0.4 is 0 Å². The van der Waals surface area contributed by atoms with Gasteiger partial charge in [-0.05, 0) is 50.3 Å². The summed E-state index contributed by atoms with van der Waals surface area (Å²) in [4.78, 5) is 0. The van der Waals surface area contributed by atoms with Crippen molar-refractivity contribution in [3.8, 4) is 11.5 Å². The molecule has 0 aliphatic carbocycles. The molecule has 2 nitrogen and oxygen atoms in total. The van der Waals surface area contributed by atoms with Gasteiger partial charge >= 0.3 is 0 Å². The van der Waals surface area contributed by atoms with Gasteiger partial charge in [0.25, 0.3) is 0 Å². The second-order valence-electron chi connectivity index (χ2n) is 5.58. The molecule has 0 amide bonds. The van der Waals surface area contributed by atoms with Gasteiger partial charge in [-0.1, -0.05) is 53.8 Å². The van der Waals surface area contributed by atoms with Crippen molar-refractivity contribution in [1.82, 2.24) is 0 Å². The van der Waals surface area contributed by atoms with Gasteiger partial charge in [0.1, 0.15) is 11.5 Å². The lowest BCUT2D eigenvalue weighted by atomic mass is 10.0. The average molecular weight is 355 g/mol. The first kappa shape index (κ1) is 18.1. The van der Waals surface area contributed by atoms with Crippen LogP contribution in [0.4, 0.5) is 0 Å². The van der Waals surface area contributed by atoms with E-state index in [0.29, 0.717) is 5.56 Å². The Bertz CT molecular complexity index is 467. The zero-order chi connectivity index (χ0) is 15.7. The first-order valence-electron chi connectivity index (χ1n) is 7.82. The fourth-order valence-corrected chi connectivity index (χ4v) is 2.71. The lowest BCUT2D eigenvalue weighted by molar-refractivity contribution is 0.452. The standard InChI is InChI=1S/C18H27BrO2/c1-14-15(2)18(21)16(13-17(14)20)11-9-7-5-3-4-6-8-10-12-19/h9,11,13,20-21H,3-8,10,12H2,1-2H3. The quantitative estimate of drug-likeness (QED) is 0.331. The zero-order valence-electron chi connectivity index (χ0n) is 13.2. The number of hydrogen-bond donors (Lipinski definition) is 2. The van der Waals surface area contributed by atoms with Crippen LogP contribution in [0, 0.1) is 13.8 Å². The number of aromatic hydroxyl groups is 2. The van der Waals surface area contributed by atoms with Crippen LogP contribution in [-0.2, 0) is 0 Å². The van der Waals surface area contributed by atoms with Crippen LogP contribution in [-0.4, -0.2) is 15.5 Å². The molecule has 0 bridgehead atoms. The molecule has 0 unspecified atom stereocenters. The topological polar surface area (TPSA) is 40.5 Å². The number of hydrogen-bond acceptors (Lipinski definition) is 2. The van der Waals surface area contributed by atoms with Crippen LogP contribution in [0.25, 0.3) is 6.08 Å². The number of benzene rings is 1. The minimum Gasteiger partial charge on any atom is -0.508 e. The Balaban J connectivity index is 2.34. The van der Waals surface area contributed by atoms with E-state index in [2.05, 4.69) is 22.0 Å². The van der Waals surface area contributed by atoms with Crippen molar-refractivity contribution in [3.63, 3.8) is 0 Å². The number of phenols is 2. The van der Waals surface area contributed by atoms with E-state index in [0.717, 1.165) is 22.9 Å². The molecule has 1 aromatic carbocycles. The highest BCUT2D eigenvalue weighted by Gasteiger charge is 2.08. The lowest BCUT2D eigenvalue weighted by Crippen LogP contribution is -1.86. The summed E-state index contributed by atoms with van der Waals surface area (Å²) in [5.41, 5.74) is 2.20. The first-order valence-corrected chi connectivity index (χ1v) is 8.94. The third kappa shape index (κ3) is 6.13. The Kier molecular flexibility index (Phi) is 8.51. The minimum absolute atomic E-state index is 0.247. The summed E-state index contributed by atoms with van der Waals surface area (Å²) >= 11 is 3.45. The summed E-state index contributed by atoms with van der Waals surface area (Å²) in [6, 6.07) is 1.63. The Hall–Kier alpha value is -0.960. The normalized spacial score (nSPS) is 11.4. The van der Waals surface area contributed by atoms with E-state index in [1.54, 1.807) is 6.07 Å². The maximum atomic E-state index is 10.1. The number of unbranched alkanes of at least 4 members (excludes halogenated alkanes) is 6. The SMILES string of the molecule is Cc1c(O)cc(C=CCCCCCCCCBr)c(O)c1C. The van der Waals surface area contributed by atoms with Gasteiger partial charge in [0.05, 0.1) is 0 Å². The molecule has 0 atom stereocenters. The molecule has 1 rings (SSSR count). The van der Waals surface area contributed by atoms with Gasteiger partial charge < -0.3 is 10.2 Å². The van der Waals surface area contributed by atoms with Crippen molar-refractivity contribution in [2.45, 2.75) is 58.8 Å². The predicted molar refractivity (Wildman–Crippen MR) is 94.4 cm³/mol. The van der Waals surface area contributed by atoms with E-state index in [1.165, 1.54) is 38.5 Å². The van der Waals surface area contributed by atoms with Crippen molar-refractivity contribution in [3.05, 3.63) is 28.8 Å². The summed E-state index contributed by atoms with van der Waals surface area (Å²) in [7, 11) is 0. The number of halogens is 1. The first-order chi connectivity index (χ1) is 10.1. The minimum atomic E-state index is 0.247. The molecule has 0 fully saturated rings. The van der Waals surface area contributed by atoms with E-state index in [9.17, 15) is 10.2 Å². The molecule has 0 saturated carbocycles. The number of alkyl halides is 1. The van der Waals surface area contributed by atoms with E-state index in [1.807, 2.05) is 19.9 Å². The zero-order valence-corrected chi connectivity index (χ0v) is 14.7. The summed E-state index contributed by atoms with van der Waals surface area (Å²) in [5, 5.41) is 21.0. The number of allylic oxidation sites excluding steroid dienone is 1. The number of rotatable bonds is 9. The molecule has 118 valence electrons. The average Bonchev–Trinajstić information content (AvgIpc) is 2.48. The molecule has 2 N–H and O–H groups in total. The van der Waals surface area contributed by atoms with E-state index < -0.39 is 0 Å². The summed E-state index contributed by atoms with van der Waals surface area (Å²) in [6.07, 6.45) is 12.7. The Morgan fingerprint density at radius 2 is 1.57 bits per heavy atom. The summed E-state index contributed by atoms with van der Waals surface area (Å²) < 4.78 is 0.